The lowest BCUT2D eigenvalue weighted by molar-refractivity contribution is -0.137. The van der Waals surface area contributed by atoms with Crippen molar-refractivity contribution in [2.24, 2.45) is 0 Å². The molecule has 0 unspecified atom stereocenters. The summed E-state index contributed by atoms with van der Waals surface area (Å²) >= 11 is 0. The van der Waals surface area contributed by atoms with Crippen molar-refractivity contribution in [1.82, 2.24) is 9.78 Å². The van der Waals surface area contributed by atoms with Crippen molar-refractivity contribution >= 4 is 6.29 Å². The minimum absolute atomic E-state index is 0.00368. The van der Waals surface area contributed by atoms with Crippen LogP contribution in [0.15, 0.2) is 30.6 Å². The van der Waals surface area contributed by atoms with Gasteiger partial charge in [0, 0.05) is 12.1 Å². The number of aldehydes is 1. The van der Waals surface area contributed by atoms with Gasteiger partial charge in [0.05, 0.1) is 18.0 Å². The van der Waals surface area contributed by atoms with Crippen LogP contribution in [-0.2, 0) is 12.7 Å². The van der Waals surface area contributed by atoms with Crippen LogP contribution in [0.5, 0.6) is 11.5 Å². The number of benzene rings is 1. The highest BCUT2D eigenvalue weighted by Crippen LogP contribution is 2.34. The van der Waals surface area contributed by atoms with Gasteiger partial charge in [-0.1, -0.05) is 6.92 Å². The largest absolute Gasteiger partial charge is 0.454 e. The molecule has 0 atom stereocenters. The molecule has 0 bridgehead atoms. The van der Waals surface area contributed by atoms with Gasteiger partial charge in [0.15, 0.2) is 12.0 Å². The van der Waals surface area contributed by atoms with Gasteiger partial charge >= 0.3 is 6.18 Å². The van der Waals surface area contributed by atoms with Crippen molar-refractivity contribution in [1.29, 1.82) is 0 Å². The lowest BCUT2D eigenvalue weighted by Gasteiger charge is -2.11. The Kier molecular flexibility index (Phi) is 4.30. The number of hydrogen-bond acceptors (Lipinski definition) is 3. The first-order valence-electron chi connectivity index (χ1n) is 6.30. The molecule has 112 valence electrons. The molecule has 0 fully saturated rings. The van der Waals surface area contributed by atoms with Crippen LogP contribution in [0, 0.1) is 0 Å². The van der Waals surface area contributed by atoms with E-state index in [1.54, 1.807) is 10.9 Å². The van der Waals surface area contributed by atoms with Crippen LogP contribution in [0.4, 0.5) is 13.2 Å². The van der Waals surface area contributed by atoms with E-state index in [2.05, 4.69) is 5.10 Å². The number of rotatable bonds is 5. The third kappa shape index (κ3) is 3.62. The van der Waals surface area contributed by atoms with Crippen molar-refractivity contribution in [2.75, 3.05) is 0 Å². The molecule has 1 aromatic carbocycles. The Balaban J connectivity index is 2.26. The van der Waals surface area contributed by atoms with E-state index in [0.717, 1.165) is 18.6 Å². The molecule has 0 saturated carbocycles. The third-order valence-corrected chi connectivity index (χ3v) is 2.76. The van der Waals surface area contributed by atoms with E-state index in [1.807, 2.05) is 6.92 Å². The van der Waals surface area contributed by atoms with Gasteiger partial charge in [0.1, 0.15) is 5.75 Å². The zero-order valence-corrected chi connectivity index (χ0v) is 11.2. The first kappa shape index (κ1) is 15.1. The van der Waals surface area contributed by atoms with Gasteiger partial charge < -0.3 is 4.74 Å². The van der Waals surface area contributed by atoms with Crippen LogP contribution in [0.3, 0.4) is 0 Å². The number of ether oxygens (including phenoxy) is 1. The summed E-state index contributed by atoms with van der Waals surface area (Å²) in [6, 6.07) is 3.21. The van der Waals surface area contributed by atoms with Crippen LogP contribution in [0.2, 0.25) is 0 Å². The average molecular weight is 298 g/mol. The van der Waals surface area contributed by atoms with Gasteiger partial charge in [-0.2, -0.15) is 18.3 Å². The fourth-order valence-corrected chi connectivity index (χ4v) is 1.83. The summed E-state index contributed by atoms with van der Waals surface area (Å²) in [6.45, 7) is 2.68. The highest BCUT2D eigenvalue weighted by Gasteiger charge is 2.33. The lowest BCUT2D eigenvalue weighted by atomic mass is 10.1. The molecule has 2 aromatic rings. The molecule has 1 aromatic heterocycles. The Labute approximate surface area is 119 Å². The second kappa shape index (κ2) is 5.99. The predicted octanol–water partition coefficient (Wildman–Crippen LogP) is 3.92. The third-order valence-electron chi connectivity index (χ3n) is 2.76. The fourth-order valence-electron chi connectivity index (χ4n) is 1.83. The second-order valence-electron chi connectivity index (χ2n) is 4.41. The van der Waals surface area contributed by atoms with E-state index in [9.17, 15) is 18.0 Å². The highest BCUT2D eigenvalue weighted by molar-refractivity contribution is 5.78. The van der Waals surface area contributed by atoms with Gasteiger partial charge in [0.2, 0.25) is 0 Å². The zero-order valence-electron chi connectivity index (χ0n) is 11.2. The highest BCUT2D eigenvalue weighted by atomic mass is 19.4. The van der Waals surface area contributed by atoms with Crippen molar-refractivity contribution < 1.29 is 22.7 Å². The van der Waals surface area contributed by atoms with Gasteiger partial charge in [-0.3, -0.25) is 9.48 Å². The Hall–Kier alpha value is -2.31. The summed E-state index contributed by atoms with van der Waals surface area (Å²) < 4.78 is 45.5. The number of aromatic nitrogens is 2. The summed E-state index contributed by atoms with van der Waals surface area (Å²) in [5.41, 5.74) is -1.44. The summed E-state index contributed by atoms with van der Waals surface area (Å²) in [7, 11) is 0. The number of halogens is 3. The molecule has 7 heteroatoms. The number of carbonyl (C=O) groups is 1. The first-order valence-corrected chi connectivity index (χ1v) is 6.30. The summed E-state index contributed by atoms with van der Waals surface area (Å²) in [5.74, 6) is 0.347. The summed E-state index contributed by atoms with van der Waals surface area (Å²) in [6.07, 6.45) is -0.526. The Morgan fingerprint density at radius 1 is 1.33 bits per heavy atom. The molecule has 1 heterocycles. The molecule has 0 amide bonds. The molecular formula is C14H13F3N2O2. The van der Waals surface area contributed by atoms with Gasteiger partial charge in [0.25, 0.3) is 0 Å². The second-order valence-corrected chi connectivity index (χ2v) is 4.41. The molecular weight excluding hydrogens is 285 g/mol. The number of carbonyl (C=O) groups excluding carboxylic acids is 1. The van der Waals surface area contributed by atoms with E-state index in [0.29, 0.717) is 12.3 Å². The van der Waals surface area contributed by atoms with Crippen LogP contribution in [-0.4, -0.2) is 16.1 Å². The van der Waals surface area contributed by atoms with Crippen LogP contribution in [0.25, 0.3) is 0 Å². The monoisotopic (exact) mass is 298 g/mol. The molecule has 0 saturated heterocycles. The van der Waals surface area contributed by atoms with Crippen molar-refractivity contribution in [3.05, 3.63) is 41.7 Å². The van der Waals surface area contributed by atoms with Gasteiger partial charge in [-0.05, 0) is 24.6 Å². The molecule has 0 aliphatic carbocycles. The molecule has 0 radical (unpaired) electrons. The maximum atomic E-state index is 12.8. The minimum atomic E-state index is -4.61. The Morgan fingerprint density at radius 3 is 2.71 bits per heavy atom. The van der Waals surface area contributed by atoms with E-state index >= 15 is 0 Å². The number of alkyl halides is 3. The topological polar surface area (TPSA) is 44.1 Å². The summed E-state index contributed by atoms with van der Waals surface area (Å²) in [5, 5.41) is 4.02. The Bertz CT molecular complexity index is 635. The number of hydrogen-bond donors (Lipinski definition) is 0. The summed E-state index contributed by atoms with van der Waals surface area (Å²) in [4.78, 5) is 10.7. The van der Waals surface area contributed by atoms with E-state index in [1.165, 1.54) is 12.3 Å². The molecule has 4 nitrogen and oxygen atoms in total. The van der Waals surface area contributed by atoms with E-state index in [4.69, 9.17) is 4.74 Å². The molecule has 0 N–H and O–H groups in total. The zero-order chi connectivity index (χ0) is 15.5. The maximum absolute atomic E-state index is 12.8. The average Bonchev–Trinajstić information content (AvgIpc) is 2.85. The van der Waals surface area contributed by atoms with E-state index < -0.39 is 17.3 Å². The quantitative estimate of drug-likeness (QED) is 0.786. The van der Waals surface area contributed by atoms with Crippen molar-refractivity contribution in [3.63, 3.8) is 0 Å². The van der Waals surface area contributed by atoms with E-state index in [-0.39, 0.29) is 12.0 Å². The predicted molar refractivity (Wildman–Crippen MR) is 69.4 cm³/mol. The smallest absolute Gasteiger partial charge is 0.417 e. The minimum Gasteiger partial charge on any atom is -0.454 e. The molecule has 2 rings (SSSR count). The van der Waals surface area contributed by atoms with Crippen molar-refractivity contribution in [3.8, 4) is 11.5 Å². The first-order chi connectivity index (χ1) is 9.94. The maximum Gasteiger partial charge on any atom is 0.417 e. The fraction of sp³-hybridized carbons (Fsp3) is 0.286. The SMILES string of the molecule is CCCn1cc(Oc2ccc(C=O)c(C(F)(F)F)c2)cn1. The number of aryl methyl sites for hydroxylation is 1. The Morgan fingerprint density at radius 2 is 2.10 bits per heavy atom. The van der Waals surface area contributed by atoms with Gasteiger partial charge in [-0.25, -0.2) is 0 Å². The molecule has 0 aliphatic rings. The lowest BCUT2D eigenvalue weighted by Crippen LogP contribution is -2.08. The molecule has 21 heavy (non-hydrogen) atoms. The van der Waals surface area contributed by atoms with Gasteiger partial charge in [-0.15, -0.1) is 0 Å². The van der Waals surface area contributed by atoms with Crippen LogP contribution >= 0.6 is 0 Å². The normalized spacial score (nSPS) is 11.4. The van der Waals surface area contributed by atoms with Crippen molar-refractivity contribution in [2.45, 2.75) is 26.1 Å². The number of nitrogens with zero attached hydrogens (tertiary/aromatic N) is 2. The van der Waals surface area contributed by atoms with Crippen LogP contribution in [0.1, 0.15) is 29.3 Å². The molecule has 0 spiro atoms. The van der Waals surface area contributed by atoms with Crippen LogP contribution < -0.4 is 4.74 Å². The molecule has 0 aliphatic heterocycles. The standard InChI is InChI=1S/C14H13F3N2O2/c1-2-5-19-8-12(7-18-19)21-11-4-3-10(9-20)13(6-11)14(15,16)17/h3-4,6-9H,2,5H2,1H3.